The first-order valence-corrected chi connectivity index (χ1v) is 10.2. The normalized spacial score (nSPS) is 16.9. The number of anilines is 1. The second kappa shape index (κ2) is 7.48. The number of carbonyl (C=O) groups excluding carboxylic acids is 1. The number of hydrogen-bond donors (Lipinski definition) is 1. The highest BCUT2D eigenvalue weighted by atomic mass is 32.2. The monoisotopic (exact) mass is 389 g/mol. The van der Waals surface area contributed by atoms with Crippen molar-refractivity contribution >= 4 is 27.3 Å². The number of sulfonamides is 1. The highest BCUT2D eigenvalue weighted by molar-refractivity contribution is 7.92. The maximum Gasteiger partial charge on any atom is 0.240 e. The molecular formula is C19H20FN3O3S. The number of hydrogen-bond acceptors (Lipinski definition) is 4. The van der Waals surface area contributed by atoms with Crippen molar-refractivity contribution < 1.29 is 17.6 Å². The summed E-state index contributed by atoms with van der Waals surface area (Å²) in [5.74, 6) is -0.667. The zero-order valence-corrected chi connectivity index (χ0v) is 15.8. The maximum absolute atomic E-state index is 14.2. The van der Waals surface area contributed by atoms with Gasteiger partial charge in [-0.3, -0.25) is 9.52 Å². The Hall–Kier alpha value is -2.74. The first kappa shape index (κ1) is 19.0. The van der Waals surface area contributed by atoms with Gasteiger partial charge in [0.25, 0.3) is 0 Å². The lowest BCUT2D eigenvalue weighted by Crippen LogP contribution is -2.25. The average Bonchev–Trinajstić information content (AvgIpc) is 3.08. The lowest BCUT2D eigenvalue weighted by molar-refractivity contribution is -0.130. The predicted molar refractivity (Wildman–Crippen MR) is 102 cm³/mol. The van der Waals surface area contributed by atoms with Crippen LogP contribution in [0.4, 0.5) is 10.1 Å². The number of rotatable bonds is 5. The second-order valence-electron chi connectivity index (χ2n) is 6.23. The van der Waals surface area contributed by atoms with E-state index in [4.69, 9.17) is 0 Å². The lowest BCUT2D eigenvalue weighted by Gasteiger charge is -2.20. The summed E-state index contributed by atoms with van der Waals surface area (Å²) in [7, 11) is -3.35. The molecule has 27 heavy (non-hydrogen) atoms. The van der Waals surface area contributed by atoms with Gasteiger partial charge in [0, 0.05) is 24.6 Å². The Bertz CT molecular complexity index is 988. The van der Waals surface area contributed by atoms with Crippen molar-refractivity contribution in [1.29, 1.82) is 0 Å². The second-order valence-corrected chi connectivity index (χ2v) is 8.25. The Kier molecular flexibility index (Phi) is 5.27. The van der Waals surface area contributed by atoms with E-state index in [-0.39, 0.29) is 17.5 Å². The summed E-state index contributed by atoms with van der Waals surface area (Å²) in [6.45, 7) is 2.95. The molecule has 1 heterocycles. The van der Waals surface area contributed by atoms with E-state index in [2.05, 4.69) is 9.82 Å². The van der Waals surface area contributed by atoms with Gasteiger partial charge in [0.15, 0.2) is 0 Å². The van der Waals surface area contributed by atoms with Gasteiger partial charge in [0.05, 0.1) is 17.5 Å². The molecule has 1 amide bonds. The van der Waals surface area contributed by atoms with Crippen LogP contribution in [0.25, 0.3) is 0 Å². The molecule has 0 spiro atoms. The zero-order chi connectivity index (χ0) is 19.6. The topological polar surface area (TPSA) is 78.8 Å². The van der Waals surface area contributed by atoms with Gasteiger partial charge >= 0.3 is 0 Å². The van der Waals surface area contributed by atoms with Crippen LogP contribution in [0.2, 0.25) is 0 Å². The molecule has 0 bridgehead atoms. The van der Waals surface area contributed by atoms with Gasteiger partial charge in [-0.05, 0) is 30.7 Å². The number of nitrogens with zero attached hydrogens (tertiary/aromatic N) is 2. The first-order valence-electron chi connectivity index (χ1n) is 8.53. The molecule has 1 N–H and O–H groups in total. The van der Waals surface area contributed by atoms with Crippen LogP contribution in [-0.4, -0.2) is 30.8 Å². The molecular weight excluding hydrogens is 369 g/mol. The Morgan fingerprint density at radius 1 is 1.22 bits per heavy atom. The quantitative estimate of drug-likeness (QED) is 0.852. The Balaban J connectivity index is 1.86. The summed E-state index contributed by atoms with van der Waals surface area (Å²) in [5, 5.41) is 5.67. The van der Waals surface area contributed by atoms with E-state index >= 15 is 0 Å². The minimum atomic E-state index is -3.35. The largest absolute Gasteiger partial charge is 0.284 e. The van der Waals surface area contributed by atoms with Gasteiger partial charge in [0.2, 0.25) is 15.9 Å². The van der Waals surface area contributed by atoms with Crippen LogP contribution in [0.3, 0.4) is 0 Å². The van der Waals surface area contributed by atoms with Crippen LogP contribution in [-0.2, 0) is 14.8 Å². The number of amides is 1. The molecule has 0 fully saturated rings. The van der Waals surface area contributed by atoms with Gasteiger partial charge < -0.3 is 0 Å². The van der Waals surface area contributed by atoms with E-state index in [0.29, 0.717) is 23.4 Å². The molecule has 0 aliphatic carbocycles. The fourth-order valence-electron chi connectivity index (χ4n) is 2.95. The molecule has 0 radical (unpaired) electrons. The smallest absolute Gasteiger partial charge is 0.240 e. The lowest BCUT2D eigenvalue weighted by atomic mass is 9.98. The third-order valence-corrected chi connectivity index (χ3v) is 5.68. The molecule has 1 aliphatic rings. The number of nitrogens with one attached hydrogen (secondary N) is 1. The van der Waals surface area contributed by atoms with Gasteiger partial charge in [-0.15, -0.1) is 0 Å². The molecule has 0 aromatic heterocycles. The van der Waals surface area contributed by atoms with E-state index in [1.807, 2.05) is 0 Å². The van der Waals surface area contributed by atoms with Crippen LogP contribution in [0.5, 0.6) is 0 Å². The number of hydrazone groups is 1. The molecule has 142 valence electrons. The number of halogens is 1. The van der Waals surface area contributed by atoms with Crippen molar-refractivity contribution in [2.75, 3.05) is 10.5 Å². The zero-order valence-electron chi connectivity index (χ0n) is 15.0. The van der Waals surface area contributed by atoms with E-state index in [0.717, 1.165) is 5.56 Å². The summed E-state index contributed by atoms with van der Waals surface area (Å²) < 4.78 is 40.0. The highest BCUT2D eigenvalue weighted by Gasteiger charge is 2.32. The minimum absolute atomic E-state index is 0.0145. The SMILES string of the molecule is CCS(=O)(=O)Nc1ccc(C2=NN(C(C)=O)[C@@H](c3ccccc3F)C2)cc1. The molecule has 6 nitrogen and oxygen atoms in total. The number of carbonyl (C=O) groups is 1. The molecule has 1 aliphatic heterocycles. The van der Waals surface area contributed by atoms with E-state index < -0.39 is 16.1 Å². The van der Waals surface area contributed by atoms with Gasteiger partial charge in [0.1, 0.15) is 5.82 Å². The highest BCUT2D eigenvalue weighted by Crippen LogP contribution is 2.34. The van der Waals surface area contributed by atoms with Crippen molar-refractivity contribution in [3.8, 4) is 0 Å². The summed E-state index contributed by atoms with van der Waals surface area (Å²) >= 11 is 0. The van der Waals surface area contributed by atoms with E-state index in [1.54, 1.807) is 49.4 Å². The molecule has 0 saturated carbocycles. The molecule has 2 aromatic rings. The Morgan fingerprint density at radius 3 is 2.48 bits per heavy atom. The molecule has 3 rings (SSSR count). The van der Waals surface area contributed by atoms with Crippen LogP contribution >= 0.6 is 0 Å². The van der Waals surface area contributed by atoms with Crippen molar-refractivity contribution in [3.63, 3.8) is 0 Å². The van der Waals surface area contributed by atoms with Crippen LogP contribution in [0.15, 0.2) is 53.6 Å². The average molecular weight is 389 g/mol. The third kappa shape index (κ3) is 4.16. The summed E-state index contributed by atoms with van der Waals surface area (Å²) in [5.41, 5.74) is 2.26. The van der Waals surface area contributed by atoms with E-state index in [1.165, 1.54) is 18.0 Å². The molecule has 0 unspecified atom stereocenters. The van der Waals surface area contributed by atoms with Crippen molar-refractivity contribution in [2.24, 2.45) is 5.10 Å². The molecule has 0 saturated heterocycles. The Morgan fingerprint density at radius 2 is 1.89 bits per heavy atom. The summed E-state index contributed by atoms with van der Waals surface area (Å²) in [6, 6.07) is 12.6. The molecule has 2 aromatic carbocycles. The fraction of sp³-hybridized carbons (Fsp3) is 0.263. The summed E-state index contributed by atoms with van der Waals surface area (Å²) in [4.78, 5) is 12.0. The van der Waals surface area contributed by atoms with Crippen molar-refractivity contribution in [1.82, 2.24) is 5.01 Å². The summed E-state index contributed by atoms with van der Waals surface area (Å²) in [6.07, 6.45) is 0.376. The third-order valence-electron chi connectivity index (χ3n) is 4.37. The maximum atomic E-state index is 14.2. The van der Waals surface area contributed by atoms with Crippen molar-refractivity contribution in [2.45, 2.75) is 26.3 Å². The standard InChI is InChI=1S/C19H20FN3O3S/c1-3-27(25,26)22-15-10-8-14(9-11-15)18-12-19(23(21-18)13(2)24)16-6-4-5-7-17(16)20/h4-11,19,22H,3,12H2,1-2H3/t19-/m1/s1. The molecule has 8 heteroatoms. The fourth-order valence-corrected chi connectivity index (χ4v) is 3.58. The van der Waals surface area contributed by atoms with Crippen LogP contribution in [0.1, 0.15) is 37.4 Å². The first-order chi connectivity index (χ1) is 12.8. The van der Waals surface area contributed by atoms with Gasteiger partial charge in [-0.1, -0.05) is 30.3 Å². The Labute approximate surface area is 157 Å². The van der Waals surface area contributed by atoms with E-state index in [9.17, 15) is 17.6 Å². The predicted octanol–water partition coefficient (Wildman–Crippen LogP) is 3.28. The minimum Gasteiger partial charge on any atom is -0.284 e. The van der Waals surface area contributed by atoms with Crippen LogP contribution in [0, 0.1) is 5.82 Å². The molecule has 1 atom stereocenters. The van der Waals surface area contributed by atoms with Gasteiger partial charge in [-0.25, -0.2) is 17.8 Å². The van der Waals surface area contributed by atoms with Crippen LogP contribution < -0.4 is 4.72 Å². The number of benzene rings is 2. The van der Waals surface area contributed by atoms with Gasteiger partial charge in [-0.2, -0.15) is 5.10 Å². The van der Waals surface area contributed by atoms with Crippen molar-refractivity contribution in [3.05, 3.63) is 65.5 Å².